The van der Waals surface area contributed by atoms with Crippen LogP contribution in [0.25, 0.3) is 0 Å². The van der Waals surface area contributed by atoms with Crippen LogP contribution in [-0.2, 0) is 23.9 Å². The molecule has 2 aromatic carbocycles. The molecule has 0 aromatic heterocycles. The molecule has 0 fully saturated rings. The van der Waals surface area contributed by atoms with E-state index in [9.17, 15) is 23.1 Å². The molecule has 6 nitrogen and oxygen atoms in total. The predicted octanol–water partition coefficient (Wildman–Crippen LogP) is 4.05. The summed E-state index contributed by atoms with van der Waals surface area (Å²) in [5.41, 5.74) is 1.84. The molecule has 0 bridgehead atoms. The summed E-state index contributed by atoms with van der Waals surface area (Å²) in [5, 5.41) is 9.77. The summed E-state index contributed by atoms with van der Waals surface area (Å²) in [6.45, 7) is 5.09. The Labute approximate surface area is 211 Å². The molecule has 1 heterocycles. The van der Waals surface area contributed by atoms with Gasteiger partial charge in [-0.15, -0.1) is 0 Å². The van der Waals surface area contributed by atoms with Crippen molar-refractivity contribution in [2.24, 2.45) is 5.92 Å². The van der Waals surface area contributed by atoms with Gasteiger partial charge in [0.05, 0.1) is 24.6 Å². The molecule has 2 aromatic rings. The molecule has 3 atom stereocenters. The Kier molecular flexibility index (Phi) is 8.89. The van der Waals surface area contributed by atoms with Crippen molar-refractivity contribution in [3.05, 3.63) is 59.2 Å². The molecule has 0 unspecified atom stereocenters. The fraction of sp³-hybridized carbons (Fsp3) is 0.519. The van der Waals surface area contributed by atoms with E-state index in [0.717, 1.165) is 28.9 Å². The van der Waals surface area contributed by atoms with Crippen LogP contribution in [0.15, 0.2) is 42.5 Å². The van der Waals surface area contributed by atoms with E-state index in [1.807, 2.05) is 63.0 Å². The minimum atomic E-state index is -4.36. The number of nitrogens with zero attached hydrogens (tertiary/aromatic N) is 3. The van der Waals surface area contributed by atoms with Crippen LogP contribution >= 0.6 is 0 Å². The molecule has 0 spiro atoms. The molecule has 0 radical (unpaired) electrons. The van der Waals surface area contributed by atoms with Crippen molar-refractivity contribution < 1.29 is 27.8 Å². The molecule has 1 amide bonds. The van der Waals surface area contributed by atoms with E-state index in [1.165, 1.54) is 12.1 Å². The number of aliphatic hydroxyl groups excluding tert-OH is 1. The molecule has 3 rings (SSSR count). The van der Waals surface area contributed by atoms with Gasteiger partial charge in [-0.25, -0.2) is 0 Å². The van der Waals surface area contributed by atoms with Crippen molar-refractivity contribution in [2.75, 3.05) is 45.7 Å². The third-order valence-electron chi connectivity index (χ3n) is 6.64. The Morgan fingerprint density at radius 2 is 1.81 bits per heavy atom. The highest BCUT2D eigenvalue weighted by Crippen LogP contribution is 2.31. The van der Waals surface area contributed by atoms with E-state index in [-0.39, 0.29) is 37.0 Å². The van der Waals surface area contributed by atoms with Crippen molar-refractivity contribution in [1.82, 2.24) is 9.80 Å². The van der Waals surface area contributed by atoms with E-state index >= 15 is 0 Å². The van der Waals surface area contributed by atoms with Crippen LogP contribution in [0.5, 0.6) is 5.75 Å². The summed E-state index contributed by atoms with van der Waals surface area (Å²) < 4.78 is 45.2. The molecule has 9 heteroatoms. The molecule has 36 heavy (non-hydrogen) atoms. The number of amides is 1. The van der Waals surface area contributed by atoms with Crippen molar-refractivity contribution in [1.29, 1.82) is 0 Å². The van der Waals surface area contributed by atoms with E-state index < -0.39 is 11.7 Å². The van der Waals surface area contributed by atoms with Gasteiger partial charge in [0.25, 0.3) is 0 Å². The van der Waals surface area contributed by atoms with Gasteiger partial charge < -0.3 is 19.6 Å². The number of likely N-dealkylation sites (N-methyl/N-ethyl adjacent to an activating group) is 1. The third-order valence-corrected chi connectivity index (χ3v) is 6.64. The zero-order valence-electron chi connectivity index (χ0n) is 21.5. The standard InChI is InChI=1S/C27H36F3N3O3/c1-18-14-33(19(2)17-34)26(35)13-21-12-23(31(3)4)10-11-24(21)36-25(18)16-32(5)15-20-6-8-22(9-7-20)27(28,29)30/h6-12,18-19,25,34H,13-17H2,1-5H3/t18-,19-,25+/m1/s1. The maximum absolute atomic E-state index is 13.2. The van der Waals surface area contributed by atoms with E-state index in [1.54, 1.807) is 4.90 Å². The average molecular weight is 508 g/mol. The van der Waals surface area contributed by atoms with Crippen LogP contribution in [0.3, 0.4) is 0 Å². The smallest absolute Gasteiger partial charge is 0.416 e. The van der Waals surface area contributed by atoms with E-state index in [0.29, 0.717) is 25.4 Å². The monoisotopic (exact) mass is 507 g/mol. The molecular weight excluding hydrogens is 471 g/mol. The van der Waals surface area contributed by atoms with Crippen molar-refractivity contribution in [3.63, 3.8) is 0 Å². The quantitative estimate of drug-likeness (QED) is 0.613. The largest absolute Gasteiger partial charge is 0.488 e. The first-order chi connectivity index (χ1) is 16.9. The van der Waals surface area contributed by atoms with Gasteiger partial charge in [0, 0.05) is 50.9 Å². The SMILES string of the molecule is C[C@@H]1CN([C@H](C)CO)C(=O)Cc2cc(N(C)C)ccc2O[C@H]1CN(C)Cc1ccc(C(F)(F)F)cc1. The maximum Gasteiger partial charge on any atom is 0.416 e. The van der Waals surface area contributed by atoms with E-state index in [2.05, 4.69) is 0 Å². The van der Waals surface area contributed by atoms with Gasteiger partial charge in [-0.1, -0.05) is 19.1 Å². The molecular formula is C27H36F3N3O3. The highest BCUT2D eigenvalue weighted by molar-refractivity contribution is 5.80. The van der Waals surface area contributed by atoms with Crippen LogP contribution in [-0.4, -0.2) is 73.8 Å². The summed E-state index contributed by atoms with van der Waals surface area (Å²) in [6.07, 6.45) is -4.48. The Morgan fingerprint density at radius 3 is 2.39 bits per heavy atom. The molecule has 0 saturated carbocycles. The predicted molar refractivity (Wildman–Crippen MR) is 134 cm³/mol. The highest BCUT2D eigenvalue weighted by atomic mass is 19.4. The summed E-state index contributed by atoms with van der Waals surface area (Å²) in [4.78, 5) is 18.9. The molecule has 1 aliphatic rings. The number of rotatable bonds is 7. The molecule has 0 saturated heterocycles. The zero-order chi connectivity index (χ0) is 26.6. The first-order valence-corrected chi connectivity index (χ1v) is 12.1. The number of fused-ring (bicyclic) bond motifs is 1. The van der Waals surface area contributed by atoms with Crippen molar-refractivity contribution in [2.45, 2.75) is 45.1 Å². The molecule has 1 N–H and O–H groups in total. The van der Waals surface area contributed by atoms with Gasteiger partial charge in [0.1, 0.15) is 11.9 Å². The third kappa shape index (κ3) is 6.91. The van der Waals surface area contributed by atoms with Crippen LogP contribution in [0.2, 0.25) is 0 Å². The Bertz CT molecular complexity index is 1030. The molecule has 198 valence electrons. The number of ether oxygens (including phenoxy) is 1. The van der Waals surface area contributed by atoms with Crippen LogP contribution < -0.4 is 9.64 Å². The Hall–Kier alpha value is -2.78. The van der Waals surface area contributed by atoms with Gasteiger partial charge in [-0.3, -0.25) is 9.69 Å². The van der Waals surface area contributed by atoms with Crippen LogP contribution in [0.1, 0.15) is 30.5 Å². The van der Waals surface area contributed by atoms with Gasteiger partial charge >= 0.3 is 6.18 Å². The number of aliphatic hydroxyl groups is 1. The minimum Gasteiger partial charge on any atom is -0.488 e. The van der Waals surface area contributed by atoms with Crippen molar-refractivity contribution >= 4 is 11.6 Å². The summed E-state index contributed by atoms with van der Waals surface area (Å²) in [7, 11) is 5.76. The number of halogens is 3. The molecule has 0 aliphatic carbocycles. The highest BCUT2D eigenvalue weighted by Gasteiger charge is 2.32. The first-order valence-electron chi connectivity index (χ1n) is 12.1. The Balaban J connectivity index is 1.85. The number of anilines is 1. The summed E-state index contributed by atoms with van der Waals surface area (Å²) in [5.74, 6) is 0.521. The number of hydrogen-bond donors (Lipinski definition) is 1. The minimum absolute atomic E-state index is 0.0579. The second-order valence-corrected chi connectivity index (χ2v) is 9.97. The lowest BCUT2D eigenvalue weighted by molar-refractivity contribution is -0.137. The van der Waals surface area contributed by atoms with Crippen LogP contribution in [0.4, 0.5) is 18.9 Å². The molecule has 1 aliphatic heterocycles. The zero-order valence-corrected chi connectivity index (χ0v) is 21.5. The number of benzene rings is 2. The lowest BCUT2D eigenvalue weighted by Crippen LogP contribution is -2.47. The normalized spacial score (nSPS) is 19.7. The van der Waals surface area contributed by atoms with Gasteiger partial charge in [0.2, 0.25) is 5.91 Å². The Morgan fingerprint density at radius 1 is 1.14 bits per heavy atom. The average Bonchev–Trinajstić information content (AvgIpc) is 2.85. The maximum atomic E-state index is 13.2. The second kappa shape index (κ2) is 11.5. The number of carbonyl (C=O) groups is 1. The number of hydrogen-bond acceptors (Lipinski definition) is 5. The first kappa shape index (κ1) is 27.8. The number of alkyl halides is 3. The van der Waals surface area contributed by atoms with Crippen LogP contribution in [0, 0.1) is 5.92 Å². The lowest BCUT2D eigenvalue weighted by Gasteiger charge is -2.34. The number of carbonyl (C=O) groups excluding carboxylic acids is 1. The van der Waals surface area contributed by atoms with Gasteiger partial charge in [-0.2, -0.15) is 13.2 Å². The van der Waals surface area contributed by atoms with Crippen molar-refractivity contribution in [3.8, 4) is 5.75 Å². The fourth-order valence-corrected chi connectivity index (χ4v) is 4.39. The van der Waals surface area contributed by atoms with Gasteiger partial charge in [-0.05, 0) is 49.9 Å². The van der Waals surface area contributed by atoms with E-state index in [4.69, 9.17) is 4.74 Å². The second-order valence-electron chi connectivity index (χ2n) is 9.97. The summed E-state index contributed by atoms with van der Waals surface area (Å²) in [6, 6.07) is 10.6. The summed E-state index contributed by atoms with van der Waals surface area (Å²) >= 11 is 0. The lowest BCUT2D eigenvalue weighted by atomic mass is 10.0. The topological polar surface area (TPSA) is 56.3 Å². The fourth-order valence-electron chi connectivity index (χ4n) is 4.39. The van der Waals surface area contributed by atoms with Gasteiger partial charge in [0.15, 0.2) is 0 Å².